The fraction of sp³-hybridized carbons (Fsp3) is 0.367. The number of piperazine rings is 1. The summed E-state index contributed by atoms with van der Waals surface area (Å²) in [5.41, 5.74) is 4.44. The number of fused-ring (bicyclic) bond motifs is 1. The molecule has 3 aromatic rings. The van der Waals surface area contributed by atoms with Crippen LogP contribution in [0.4, 0.5) is 11.4 Å². The Hall–Kier alpha value is -3.71. The van der Waals surface area contributed by atoms with Crippen LogP contribution < -0.4 is 24.4 Å². The number of rotatable bonds is 9. The molecule has 5 rings (SSSR count). The van der Waals surface area contributed by atoms with E-state index in [-0.39, 0.29) is 5.91 Å². The number of unbranched alkanes of at least 4 members (excludes halogenated alkanes) is 1. The van der Waals surface area contributed by atoms with Crippen molar-refractivity contribution in [1.29, 1.82) is 0 Å². The van der Waals surface area contributed by atoms with Crippen molar-refractivity contribution in [2.45, 2.75) is 25.9 Å². The standard InChI is InChI=1S/C30H35N3O4/c1-22-30(34)31-27-21-25(13-14-29(27)37-22)36-20-6-5-15-32-16-18-33(19-17-32)28-8-4-3-7-26(28)23-9-11-24(35-2)12-10-23/h3-4,7-14,21-22H,5-6,15-20H2,1-2H3,(H,31,34). The lowest BCUT2D eigenvalue weighted by Gasteiger charge is -2.37. The zero-order valence-electron chi connectivity index (χ0n) is 21.6. The summed E-state index contributed by atoms with van der Waals surface area (Å²) < 4.78 is 16.8. The largest absolute Gasteiger partial charge is 0.497 e. The number of nitrogens with zero attached hydrogens (tertiary/aromatic N) is 2. The molecule has 0 spiro atoms. The van der Waals surface area contributed by atoms with Crippen LogP contribution in [-0.2, 0) is 4.79 Å². The highest BCUT2D eigenvalue weighted by Gasteiger charge is 2.24. The van der Waals surface area contributed by atoms with E-state index >= 15 is 0 Å². The van der Waals surface area contributed by atoms with Gasteiger partial charge in [-0.05, 0) is 62.2 Å². The van der Waals surface area contributed by atoms with Crippen LogP contribution in [0.25, 0.3) is 11.1 Å². The second-order valence-corrected chi connectivity index (χ2v) is 9.54. The number of methoxy groups -OCH3 is 1. The molecule has 2 heterocycles. The highest BCUT2D eigenvalue weighted by atomic mass is 16.5. The van der Waals surface area contributed by atoms with Gasteiger partial charge in [0.25, 0.3) is 5.91 Å². The maximum Gasteiger partial charge on any atom is 0.265 e. The first-order valence-electron chi connectivity index (χ1n) is 13.1. The van der Waals surface area contributed by atoms with E-state index in [9.17, 15) is 4.79 Å². The Labute approximate surface area is 218 Å². The third-order valence-corrected chi connectivity index (χ3v) is 7.04. The number of ether oxygens (including phenoxy) is 3. The van der Waals surface area contributed by atoms with E-state index < -0.39 is 6.10 Å². The second kappa shape index (κ2) is 11.6. The molecule has 3 aromatic carbocycles. The number of anilines is 2. The van der Waals surface area contributed by atoms with Crippen LogP contribution in [0.3, 0.4) is 0 Å². The maximum absolute atomic E-state index is 11.8. The Kier molecular flexibility index (Phi) is 7.80. The van der Waals surface area contributed by atoms with Gasteiger partial charge in [0.2, 0.25) is 0 Å². The van der Waals surface area contributed by atoms with Crippen LogP contribution in [0.5, 0.6) is 17.2 Å². The van der Waals surface area contributed by atoms with Gasteiger partial charge < -0.3 is 24.4 Å². The third-order valence-electron chi connectivity index (χ3n) is 7.04. The highest BCUT2D eigenvalue weighted by Crippen LogP contribution is 2.34. The molecule has 1 amide bonds. The number of hydrogen-bond donors (Lipinski definition) is 1. The van der Waals surface area contributed by atoms with Crippen LogP contribution in [0.1, 0.15) is 19.8 Å². The fourth-order valence-corrected chi connectivity index (χ4v) is 4.88. The monoisotopic (exact) mass is 501 g/mol. The summed E-state index contributed by atoms with van der Waals surface area (Å²) in [5.74, 6) is 2.18. The highest BCUT2D eigenvalue weighted by molar-refractivity contribution is 5.97. The summed E-state index contributed by atoms with van der Waals surface area (Å²) in [7, 11) is 1.70. The minimum atomic E-state index is -0.468. The molecule has 1 fully saturated rings. The van der Waals surface area contributed by atoms with Crippen molar-refractivity contribution in [3.8, 4) is 28.4 Å². The Bertz CT molecular complexity index is 1210. The molecule has 194 valence electrons. The Morgan fingerprint density at radius 2 is 1.70 bits per heavy atom. The van der Waals surface area contributed by atoms with E-state index in [1.807, 2.05) is 30.3 Å². The molecule has 0 saturated carbocycles. The van der Waals surface area contributed by atoms with E-state index in [0.717, 1.165) is 57.1 Å². The lowest BCUT2D eigenvalue weighted by atomic mass is 10.0. The SMILES string of the molecule is COc1ccc(-c2ccccc2N2CCN(CCCCOc3ccc4c(c3)NC(=O)C(C)O4)CC2)cc1. The van der Waals surface area contributed by atoms with Gasteiger partial charge in [-0.1, -0.05) is 30.3 Å². The number of para-hydroxylation sites is 1. The molecule has 7 nitrogen and oxygen atoms in total. The van der Waals surface area contributed by atoms with E-state index in [2.05, 4.69) is 51.5 Å². The predicted molar refractivity (Wildman–Crippen MR) is 147 cm³/mol. The Balaban J connectivity index is 1.06. The lowest BCUT2D eigenvalue weighted by Crippen LogP contribution is -2.46. The molecule has 1 atom stereocenters. The summed E-state index contributed by atoms with van der Waals surface area (Å²) in [6.07, 6.45) is 1.60. The Morgan fingerprint density at radius 1 is 0.946 bits per heavy atom. The molecule has 0 bridgehead atoms. The molecule has 1 unspecified atom stereocenters. The first kappa shape index (κ1) is 25.0. The predicted octanol–water partition coefficient (Wildman–Crippen LogP) is 5.06. The van der Waals surface area contributed by atoms with Gasteiger partial charge in [0.1, 0.15) is 17.2 Å². The van der Waals surface area contributed by atoms with Crippen LogP contribution in [0, 0.1) is 0 Å². The molecular weight excluding hydrogens is 466 g/mol. The van der Waals surface area contributed by atoms with E-state index in [4.69, 9.17) is 14.2 Å². The number of carbonyl (C=O) groups is 1. The Morgan fingerprint density at radius 3 is 2.49 bits per heavy atom. The number of benzene rings is 3. The van der Waals surface area contributed by atoms with Crippen molar-refractivity contribution < 1.29 is 19.0 Å². The van der Waals surface area contributed by atoms with Crippen molar-refractivity contribution in [3.63, 3.8) is 0 Å². The normalized spacial score (nSPS) is 17.5. The van der Waals surface area contributed by atoms with Crippen LogP contribution in [-0.4, -0.2) is 63.4 Å². The molecular formula is C30H35N3O4. The molecule has 1 N–H and O–H groups in total. The van der Waals surface area contributed by atoms with Crippen LogP contribution in [0.2, 0.25) is 0 Å². The molecule has 7 heteroatoms. The van der Waals surface area contributed by atoms with Crippen molar-refractivity contribution in [3.05, 3.63) is 66.7 Å². The van der Waals surface area contributed by atoms with Gasteiger partial charge in [0.15, 0.2) is 6.10 Å². The second-order valence-electron chi connectivity index (χ2n) is 9.54. The smallest absolute Gasteiger partial charge is 0.265 e. The molecule has 37 heavy (non-hydrogen) atoms. The summed E-state index contributed by atoms with van der Waals surface area (Å²) >= 11 is 0. The molecule has 0 aromatic heterocycles. The summed E-state index contributed by atoms with van der Waals surface area (Å²) in [4.78, 5) is 16.9. The van der Waals surface area contributed by atoms with E-state index in [1.54, 1.807) is 14.0 Å². The first-order chi connectivity index (χ1) is 18.1. The number of carbonyl (C=O) groups excluding carboxylic acids is 1. The van der Waals surface area contributed by atoms with Gasteiger partial charge in [-0.3, -0.25) is 9.69 Å². The quantitative estimate of drug-likeness (QED) is 0.414. The van der Waals surface area contributed by atoms with Crippen molar-refractivity contribution in [2.24, 2.45) is 0 Å². The van der Waals surface area contributed by atoms with Gasteiger partial charge in [-0.15, -0.1) is 0 Å². The zero-order chi connectivity index (χ0) is 25.6. The summed E-state index contributed by atoms with van der Waals surface area (Å²) in [6, 6.07) is 22.5. The summed E-state index contributed by atoms with van der Waals surface area (Å²) in [6.45, 7) is 7.62. The number of nitrogens with one attached hydrogen (secondary N) is 1. The van der Waals surface area contributed by atoms with Crippen molar-refractivity contribution in [2.75, 3.05) is 56.7 Å². The van der Waals surface area contributed by atoms with E-state index in [0.29, 0.717) is 18.0 Å². The molecule has 0 aliphatic carbocycles. The van der Waals surface area contributed by atoms with Crippen LogP contribution >= 0.6 is 0 Å². The molecule has 0 radical (unpaired) electrons. The topological polar surface area (TPSA) is 63.3 Å². The van der Waals surface area contributed by atoms with Crippen molar-refractivity contribution >= 4 is 17.3 Å². The van der Waals surface area contributed by atoms with Gasteiger partial charge in [0.05, 0.1) is 19.4 Å². The van der Waals surface area contributed by atoms with Crippen molar-refractivity contribution in [1.82, 2.24) is 4.90 Å². The number of amides is 1. The van der Waals surface area contributed by atoms with E-state index in [1.165, 1.54) is 16.8 Å². The summed E-state index contributed by atoms with van der Waals surface area (Å²) in [5, 5.41) is 2.87. The van der Waals surface area contributed by atoms with Gasteiger partial charge >= 0.3 is 0 Å². The van der Waals surface area contributed by atoms with Gasteiger partial charge in [-0.2, -0.15) is 0 Å². The van der Waals surface area contributed by atoms with Gasteiger partial charge in [0, 0.05) is 43.5 Å². The third kappa shape index (κ3) is 6.00. The molecule has 2 aliphatic rings. The lowest BCUT2D eigenvalue weighted by molar-refractivity contribution is -0.122. The van der Waals surface area contributed by atoms with Crippen LogP contribution in [0.15, 0.2) is 66.7 Å². The number of hydrogen-bond acceptors (Lipinski definition) is 6. The average Bonchev–Trinajstić information content (AvgIpc) is 2.94. The zero-order valence-corrected chi connectivity index (χ0v) is 21.6. The fourth-order valence-electron chi connectivity index (χ4n) is 4.88. The van der Waals surface area contributed by atoms with Gasteiger partial charge in [-0.25, -0.2) is 0 Å². The molecule has 1 saturated heterocycles. The first-order valence-corrected chi connectivity index (χ1v) is 13.1. The average molecular weight is 502 g/mol. The minimum absolute atomic E-state index is 0.131. The maximum atomic E-state index is 11.8. The minimum Gasteiger partial charge on any atom is -0.497 e. The molecule has 2 aliphatic heterocycles.